The zero-order chi connectivity index (χ0) is 24.1. The van der Waals surface area contributed by atoms with Gasteiger partial charge in [-0.05, 0) is 48.9 Å². The molecule has 0 bridgehead atoms. The number of ether oxygens (including phenoxy) is 1. The van der Waals surface area contributed by atoms with Gasteiger partial charge in [-0.25, -0.2) is 13.8 Å². The smallest absolute Gasteiger partial charge is 0.226 e. The highest BCUT2D eigenvalue weighted by Gasteiger charge is 2.22. The van der Waals surface area contributed by atoms with Crippen LogP contribution in [0.2, 0.25) is 0 Å². The number of benzene rings is 2. The Labute approximate surface area is 196 Å². The summed E-state index contributed by atoms with van der Waals surface area (Å²) in [5.41, 5.74) is 2.03. The highest BCUT2D eigenvalue weighted by Crippen LogP contribution is 2.22. The van der Waals surface area contributed by atoms with E-state index in [9.17, 15) is 13.6 Å². The van der Waals surface area contributed by atoms with Crippen LogP contribution in [0.3, 0.4) is 0 Å². The molecule has 176 valence electrons. The van der Waals surface area contributed by atoms with Crippen LogP contribution in [0.4, 0.5) is 8.78 Å². The minimum atomic E-state index is -0.527. The van der Waals surface area contributed by atoms with Crippen LogP contribution >= 0.6 is 0 Å². The molecule has 1 N–H and O–H groups in total. The predicted octanol–water partition coefficient (Wildman–Crippen LogP) is 3.36. The van der Waals surface area contributed by atoms with Crippen molar-refractivity contribution in [3.8, 4) is 17.5 Å². The first kappa shape index (κ1) is 23.5. The molecule has 1 aromatic heterocycles. The zero-order valence-electron chi connectivity index (χ0n) is 18.7. The van der Waals surface area contributed by atoms with Crippen molar-refractivity contribution in [1.82, 2.24) is 15.2 Å². The summed E-state index contributed by atoms with van der Waals surface area (Å²) in [5, 5.41) is 11.9. The Bertz CT molecular complexity index is 1200. The summed E-state index contributed by atoms with van der Waals surface area (Å²) in [7, 11) is 0. The van der Waals surface area contributed by atoms with Gasteiger partial charge in [0.15, 0.2) is 0 Å². The minimum absolute atomic E-state index is 0.0281. The van der Waals surface area contributed by atoms with Crippen molar-refractivity contribution in [2.75, 3.05) is 26.2 Å². The van der Waals surface area contributed by atoms with Crippen LogP contribution in [0, 0.1) is 29.9 Å². The number of rotatable bonds is 7. The molecule has 9 heteroatoms. The van der Waals surface area contributed by atoms with Crippen molar-refractivity contribution in [1.29, 1.82) is 5.26 Å². The molecule has 0 saturated carbocycles. The van der Waals surface area contributed by atoms with E-state index in [1.54, 1.807) is 31.2 Å². The molecular weight excluding hydrogens is 442 g/mol. The van der Waals surface area contributed by atoms with Crippen molar-refractivity contribution >= 4 is 5.91 Å². The number of carbonyl (C=O) groups is 1. The normalized spacial score (nSPS) is 16.2. The Kier molecular flexibility index (Phi) is 7.30. The number of hydrogen-bond donors (Lipinski definition) is 1. The van der Waals surface area contributed by atoms with Gasteiger partial charge < -0.3 is 14.5 Å². The second-order valence-corrected chi connectivity index (χ2v) is 8.16. The fourth-order valence-electron chi connectivity index (χ4n) is 3.81. The number of nitrogens with zero attached hydrogens (tertiary/aromatic N) is 3. The third kappa shape index (κ3) is 5.84. The van der Waals surface area contributed by atoms with Crippen LogP contribution in [-0.4, -0.2) is 48.1 Å². The maximum atomic E-state index is 13.5. The minimum Gasteiger partial charge on any atom is -0.441 e. The number of halogens is 2. The number of aryl methyl sites for hydroxylation is 1. The molecule has 0 unspecified atom stereocenters. The number of nitriles is 1. The Hall–Kier alpha value is -3.61. The summed E-state index contributed by atoms with van der Waals surface area (Å²) >= 11 is 0. The van der Waals surface area contributed by atoms with Gasteiger partial charge in [-0.1, -0.05) is 6.07 Å². The van der Waals surface area contributed by atoms with E-state index in [0.29, 0.717) is 55.7 Å². The van der Waals surface area contributed by atoms with Crippen LogP contribution in [0.5, 0.6) is 0 Å². The lowest BCUT2D eigenvalue weighted by molar-refractivity contribution is -0.121. The molecule has 1 aliphatic heterocycles. The monoisotopic (exact) mass is 466 g/mol. The number of carbonyl (C=O) groups excluding carboxylic acids is 1. The third-order valence-electron chi connectivity index (χ3n) is 5.62. The van der Waals surface area contributed by atoms with E-state index >= 15 is 0 Å². The van der Waals surface area contributed by atoms with E-state index < -0.39 is 5.82 Å². The van der Waals surface area contributed by atoms with Crippen LogP contribution in [0.25, 0.3) is 11.5 Å². The standard InChI is InChI=1S/C25H24F2N4O3/c1-16-23(30-25(34-16)18-3-5-20(26)6-4-18)11-24(32)29-13-21-15-31(8-9-33-21)14-17-2-7-22(27)19(10-17)12-28/h2-7,10,21H,8-9,11,13-15H2,1H3,(H,29,32)/t21-/m0/s1. The Morgan fingerprint density at radius 2 is 2.06 bits per heavy atom. The molecule has 7 nitrogen and oxygen atoms in total. The molecule has 3 aromatic rings. The summed E-state index contributed by atoms with van der Waals surface area (Å²) in [4.78, 5) is 19.0. The molecule has 0 spiro atoms. The topological polar surface area (TPSA) is 91.4 Å². The molecule has 1 amide bonds. The van der Waals surface area contributed by atoms with Gasteiger partial charge in [0.1, 0.15) is 23.5 Å². The number of oxazole rings is 1. The molecule has 0 radical (unpaired) electrons. The van der Waals surface area contributed by atoms with E-state index in [2.05, 4.69) is 15.2 Å². The second-order valence-electron chi connectivity index (χ2n) is 8.16. The van der Waals surface area contributed by atoms with E-state index in [-0.39, 0.29) is 29.8 Å². The molecule has 2 heterocycles. The average Bonchev–Trinajstić information content (AvgIpc) is 3.19. The maximum Gasteiger partial charge on any atom is 0.226 e. The summed E-state index contributed by atoms with van der Waals surface area (Å²) in [6.07, 6.45) is -0.138. The summed E-state index contributed by atoms with van der Waals surface area (Å²) in [6.45, 7) is 4.44. The van der Waals surface area contributed by atoms with Crippen molar-refractivity contribution in [2.45, 2.75) is 26.0 Å². The van der Waals surface area contributed by atoms with Gasteiger partial charge in [-0.2, -0.15) is 5.26 Å². The first-order chi connectivity index (χ1) is 16.4. The Morgan fingerprint density at radius 1 is 1.26 bits per heavy atom. The van der Waals surface area contributed by atoms with Crippen molar-refractivity contribution in [3.05, 3.63) is 76.7 Å². The quantitative estimate of drug-likeness (QED) is 0.574. The van der Waals surface area contributed by atoms with Gasteiger partial charge in [-0.3, -0.25) is 9.69 Å². The lowest BCUT2D eigenvalue weighted by Gasteiger charge is -2.33. The number of hydrogen-bond acceptors (Lipinski definition) is 6. The highest BCUT2D eigenvalue weighted by molar-refractivity contribution is 5.78. The van der Waals surface area contributed by atoms with Gasteiger partial charge in [0.25, 0.3) is 0 Å². The molecule has 1 saturated heterocycles. The predicted molar refractivity (Wildman–Crippen MR) is 119 cm³/mol. The maximum absolute atomic E-state index is 13.5. The van der Waals surface area contributed by atoms with Crippen LogP contribution in [-0.2, 0) is 22.5 Å². The first-order valence-electron chi connectivity index (χ1n) is 10.9. The lowest BCUT2D eigenvalue weighted by atomic mass is 10.1. The number of nitrogens with one attached hydrogen (secondary N) is 1. The largest absolute Gasteiger partial charge is 0.441 e. The zero-order valence-corrected chi connectivity index (χ0v) is 18.7. The van der Waals surface area contributed by atoms with Crippen molar-refractivity contribution in [3.63, 3.8) is 0 Å². The van der Waals surface area contributed by atoms with Gasteiger partial charge >= 0.3 is 0 Å². The number of aromatic nitrogens is 1. The van der Waals surface area contributed by atoms with Gasteiger partial charge in [-0.15, -0.1) is 0 Å². The van der Waals surface area contributed by atoms with E-state index in [4.69, 9.17) is 14.4 Å². The Balaban J connectivity index is 1.28. The van der Waals surface area contributed by atoms with Crippen LogP contribution in [0.15, 0.2) is 46.9 Å². The van der Waals surface area contributed by atoms with Crippen molar-refractivity contribution < 1.29 is 22.7 Å². The second kappa shape index (κ2) is 10.5. The fourth-order valence-corrected chi connectivity index (χ4v) is 3.81. The Morgan fingerprint density at radius 3 is 2.82 bits per heavy atom. The van der Waals surface area contributed by atoms with Gasteiger partial charge in [0.05, 0.1) is 30.4 Å². The summed E-state index contributed by atoms with van der Waals surface area (Å²) in [6, 6.07) is 12.2. The van der Waals surface area contributed by atoms with E-state index in [1.807, 2.05) is 6.07 Å². The van der Waals surface area contributed by atoms with E-state index in [1.165, 1.54) is 18.2 Å². The molecule has 1 aliphatic rings. The SMILES string of the molecule is Cc1oc(-c2ccc(F)cc2)nc1CC(=O)NC[C@H]1CN(Cc2ccc(F)c(C#N)c2)CCO1. The fraction of sp³-hybridized carbons (Fsp3) is 0.320. The van der Waals surface area contributed by atoms with E-state index in [0.717, 1.165) is 5.56 Å². The molecule has 0 aliphatic carbocycles. The highest BCUT2D eigenvalue weighted by atomic mass is 19.1. The van der Waals surface area contributed by atoms with Gasteiger partial charge in [0, 0.05) is 31.7 Å². The van der Waals surface area contributed by atoms with Gasteiger partial charge in [0.2, 0.25) is 11.8 Å². The number of amides is 1. The molecule has 1 atom stereocenters. The molecular formula is C25H24F2N4O3. The first-order valence-corrected chi connectivity index (χ1v) is 10.9. The number of morpholine rings is 1. The molecule has 34 heavy (non-hydrogen) atoms. The lowest BCUT2D eigenvalue weighted by Crippen LogP contribution is -2.47. The molecule has 4 rings (SSSR count). The molecule has 1 fully saturated rings. The molecule has 2 aromatic carbocycles. The summed E-state index contributed by atoms with van der Waals surface area (Å²) < 4.78 is 38.1. The van der Waals surface area contributed by atoms with Crippen molar-refractivity contribution in [2.24, 2.45) is 0 Å². The summed E-state index contributed by atoms with van der Waals surface area (Å²) in [5.74, 6) is -0.210. The third-order valence-corrected chi connectivity index (χ3v) is 5.62. The average molecular weight is 466 g/mol. The van der Waals surface area contributed by atoms with Crippen LogP contribution in [0.1, 0.15) is 22.6 Å². The van der Waals surface area contributed by atoms with Crippen LogP contribution < -0.4 is 5.32 Å².